The van der Waals surface area contributed by atoms with Crippen molar-refractivity contribution in [2.24, 2.45) is 0 Å². The van der Waals surface area contributed by atoms with Crippen molar-refractivity contribution in [3.05, 3.63) is 64.8 Å². The van der Waals surface area contributed by atoms with Crippen LogP contribution in [0.2, 0.25) is 10.0 Å². The predicted molar refractivity (Wildman–Crippen MR) is 83.6 cm³/mol. The maximum Gasteiger partial charge on any atom is 0.255 e. The summed E-state index contributed by atoms with van der Waals surface area (Å²) in [6.45, 7) is 0. The van der Waals surface area contributed by atoms with Gasteiger partial charge in [0.25, 0.3) is 5.91 Å². The van der Waals surface area contributed by atoms with Gasteiger partial charge in [-0.25, -0.2) is 4.98 Å². The maximum atomic E-state index is 12.1. The Balaban J connectivity index is 1.75. The molecule has 3 rings (SSSR count). The molecule has 0 bridgehead atoms. The molecule has 0 atom stereocenters. The Bertz CT molecular complexity index is 803. The Labute approximate surface area is 135 Å². The highest BCUT2D eigenvalue weighted by Gasteiger charge is 2.09. The van der Waals surface area contributed by atoms with Crippen molar-refractivity contribution in [2.75, 3.05) is 5.32 Å². The van der Waals surface area contributed by atoms with Crippen LogP contribution in [-0.4, -0.2) is 25.7 Å². The van der Waals surface area contributed by atoms with Gasteiger partial charge in [0, 0.05) is 5.56 Å². The Kier molecular flexibility index (Phi) is 4.04. The van der Waals surface area contributed by atoms with Crippen LogP contribution >= 0.6 is 23.2 Å². The van der Waals surface area contributed by atoms with E-state index in [4.69, 9.17) is 23.2 Å². The fourth-order valence-electron chi connectivity index (χ4n) is 1.77. The molecule has 0 saturated carbocycles. The number of benzene rings is 1. The first kappa shape index (κ1) is 14.5. The van der Waals surface area contributed by atoms with E-state index in [9.17, 15) is 4.79 Å². The Morgan fingerprint density at radius 2 is 1.82 bits per heavy atom. The van der Waals surface area contributed by atoms with E-state index in [1.807, 2.05) is 0 Å². The Morgan fingerprint density at radius 1 is 1.05 bits per heavy atom. The van der Waals surface area contributed by atoms with E-state index in [0.29, 0.717) is 27.1 Å². The highest BCUT2D eigenvalue weighted by Crippen LogP contribution is 2.23. The van der Waals surface area contributed by atoms with Crippen molar-refractivity contribution in [1.82, 2.24) is 19.7 Å². The second kappa shape index (κ2) is 6.13. The van der Waals surface area contributed by atoms with Crippen molar-refractivity contribution >= 4 is 34.8 Å². The number of carbonyl (C=O) groups is 1. The number of nitrogens with one attached hydrogen (secondary N) is 1. The molecule has 0 saturated heterocycles. The maximum absolute atomic E-state index is 12.1. The smallest absolute Gasteiger partial charge is 0.255 e. The number of amides is 1. The SMILES string of the molecule is O=C(Nc1ccc(-n2cnnc2)nc1)c1ccc(Cl)c(Cl)c1. The fraction of sp³-hybridized carbons (Fsp3) is 0. The quantitative estimate of drug-likeness (QED) is 0.798. The molecule has 2 aromatic heterocycles. The summed E-state index contributed by atoms with van der Waals surface area (Å²) in [6, 6.07) is 8.17. The lowest BCUT2D eigenvalue weighted by Gasteiger charge is -2.07. The largest absolute Gasteiger partial charge is 0.321 e. The minimum absolute atomic E-state index is 0.294. The predicted octanol–water partition coefficient (Wildman–Crippen LogP) is 3.22. The van der Waals surface area contributed by atoms with Crippen LogP contribution in [0.25, 0.3) is 5.82 Å². The zero-order chi connectivity index (χ0) is 15.5. The van der Waals surface area contributed by atoms with Gasteiger partial charge in [0.05, 0.1) is 21.9 Å². The molecule has 1 N–H and O–H groups in total. The Hall–Kier alpha value is -2.44. The number of hydrogen-bond acceptors (Lipinski definition) is 4. The van der Waals surface area contributed by atoms with Gasteiger partial charge in [-0.15, -0.1) is 10.2 Å². The average molecular weight is 334 g/mol. The number of rotatable bonds is 3. The lowest BCUT2D eigenvalue weighted by Crippen LogP contribution is -2.12. The summed E-state index contributed by atoms with van der Waals surface area (Å²) in [4.78, 5) is 16.3. The molecule has 2 heterocycles. The van der Waals surface area contributed by atoms with Crippen molar-refractivity contribution in [2.45, 2.75) is 0 Å². The van der Waals surface area contributed by atoms with Gasteiger partial charge in [-0.3, -0.25) is 9.36 Å². The van der Waals surface area contributed by atoms with Gasteiger partial charge in [0.1, 0.15) is 18.5 Å². The molecule has 0 fully saturated rings. The third-order valence-corrected chi connectivity index (χ3v) is 3.61. The summed E-state index contributed by atoms with van der Waals surface area (Å²) in [6.07, 6.45) is 4.62. The lowest BCUT2D eigenvalue weighted by molar-refractivity contribution is 0.102. The van der Waals surface area contributed by atoms with Crippen LogP contribution < -0.4 is 5.32 Å². The van der Waals surface area contributed by atoms with Gasteiger partial charge >= 0.3 is 0 Å². The molecule has 3 aromatic rings. The molecule has 22 heavy (non-hydrogen) atoms. The molecule has 0 unspecified atom stereocenters. The lowest BCUT2D eigenvalue weighted by atomic mass is 10.2. The second-order valence-electron chi connectivity index (χ2n) is 4.36. The molecule has 0 aliphatic heterocycles. The minimum atomic E-state index is -0.294. The Morgan fingerprint density at radius 3 is 2.45 bits per heavy atom. The van der Waals surface area contributed by atoms with Gasteiger partial charge in [-0.05, 0) is 30.3 Å². The zero-order valence-corrected chi connectivity index (χ0v) is 12.6. The summed E-state index contributed by atoms with van der Waals surface area (Å²) in [5.41, 5.74) is 0.977. The summed E-state index contributed by atoms with van der Waals surface area (Å²) in [5.74, 6) is 0.356. The van der Waals surface area contributed by atoms with E-state index in [1.54, 1.807) is 35.0 Å². The minimum Gasteiger partial charge on any atom is -0.321 e. The molecule has 6 nitrogen and oxygen atoms in total. The molecule has 1 aromatic carbocycles. The third kappa shape index (κ3) is 3.08. The first-order valence-electron chi connectivity index (χ1n) is 6.21. The molecule has 110 valence electrons. The van der Waals surface area contributed by atoms with Crippen LogP contribution in [0, 0.1) is 0 Å². The van der Waals surface area contributed by atoms with Gasteiger partial charge in [-0.1, -0.05) is 23.2 Å². The number of nitrogens with zero attached hydrogens (tertiary/aromatic N) is 4. The second-order valence-corrected chi connectivity index (χ2v) is 5.17. The van der Waals surface area contributed by atoms with Crippen LogP contribution in [0.15, 0.2) is 49.2 Å². The van der Waals surface area contributed by atoms with E-state index < -0.39 is 0 Å². The number of anilines is 1. The number of aromatic nitrogens is 4. The van der Waals surface area contributed by atoms with E-state index in [1.165, 1.54) is 18.7 Å². The molecule has 0 spiro atoms. The van der Waals surface area contributed by atoms with Crippen LogP contribution in [0.3, 0.4) is 0 Å². The van der Waals surface area contributed by atoms with Gasteiger partial charge in [0.2, 0.25) is 0 Å². The highest BCUT2D eigenvalue weighted by atomic mass is 35.5. The van der Waals surface area contributed by atoms with Crippen LogP contribution in [0.4, 0.5) is 5.69 Å². The molecule has 0 radical (unpaired) electrons. The van der Waals surface area contributed by atoms with Crippen LogP contribution in [0.5, 0.6) is 0 Å². The van der Waals surface area contributed by atoms with Gasteiger partial charge in [0.15, 0.2) is 0 Å². The number of halogens is 2. The third-order valence-electron chi connectivity index (χ3n) is 2.87. The monoisotopic (exact) mass is 333 g/mol. The molecular formula is C14H9Cl2N5O. The first-order valence-corrected chi connectivity index (χ1v) is 6.96. The fourth-order valence-corrected chi connectivity index (χ4v) is 2.07. The van der Waals surface area contributed by atoms with Crippen molar-refractivity contribution in [1.29, 1.82) is 0 Å². The van der Waals surface area contributed by atoms with Crippen molar-refractivity contribution < 1.29 is 4.79 Å². The van der Waals surface area contributed by atoms with Gasteiger partial charge in [-0.2, -0.15) is 0 Å². The van der Waals surface area contributed by atoms with E-state index in [-0.39, 0.29) is 5.91 Å². The first-order chi connectivity index (χ1) is 10.6. The van der Waals surface area contributed by atoms with E-state index >= 15 is 0 Å². The van der Waals surface area contributed by atoms with Crippen LogP contribution in [0.1, 0.15) is 10.4 Å². The van der Waals surface area contributed by atoms with Gasteiger partial charge < -0.3 is 5.32 Å². The van der Waals surface area contributed by atoms with E-state index in [0.717, 1.165) is 0 Å². The summed E-state index contributed by atoms with van der Waals surface area (Å²) in [7, 11) is 0. The molecule has 0 aliphatic rings. The normalized spacial score (nSPS) is 10.5. The molecular weight excluding hydrogens is 325 g/mol. The molecule has 0 aliphatic carbocycles. The summed E-state index contributed by atoms with van der Waals surface area (Å²) >= 11 is 11.7. The topological polar surface area (TPSA) is 72.7 Å². The highest BCUT2D eigenvalue weighted by molar-refractivity contribution is 6.42. The number of pyridine rings is 1. The average Bonchev–Trinajstić information content (AvgIpc) is 3.05. The summed E-state index contributed by atoms with van der Waals surface area (Å²) in [5, 5.41) is 10.9. The standard InChI is InChI=1S/C14H9Cl2N5O/c15-11-3-1-9(5-12(11)16)14(22)20-10-2-4-13(17-6-10)21-7-18-19-8-21/h1-8H,(H,20,22). The van der Waals surface area contributed by atoms with Crippen molar-refractivity contribution in [3.8, 4) is 5.82 Å². The van der Waals surface area contributed by atoms with Crippen LogP contribution in [-0.2, 0) is 0 Å². The van der Waals surface area contributed by atoms with Crippen molar-refractivity contribution in [3.63, 3.8) is 0 Å². The zero-order valence-electron chi connectivity index (χ0n) is 11.1. The summed E-state index contributed by atoms with van der Waals surface area (Å²) < 4.78 is 1.66. The van der Waals surface area contributed by atoms with E-state index in [2.05, 4.69) is 20.5 Å². The molecule has 1 amide bonds. The number of carbonyl (C=O) groups excluding carboxylic acids is 1. The number of hydrogen-bond donors (Lipinski definition) is 1. The molecule has 8 heteroatoms.